The van der Waals surface area contributed by atoms with Gasteiger partial charge in [-0.25, -0.2) is 4.79 Å². The second kappa shape index (κ2) is 8.75. The quantitative estimate of drug-likeness (QED) is 0.623. The Bertz CT molecular complexity index is 579. The van der Waals surface area contributed by atoms with Gasteiger partial charge in [0.2, 0.25) is 0 Å². The summed E-state index contributed by atoms with van der Waals surface area (Å²) < 4.78 is 31.7. The van der Waals surface area contributed by atoms with E-state index >= 15 is 0 Å². The Labute approximate surface area is 146 Å². The summed E-state index contributed by atoms with van der Waals surface area (Å²) in [6, 6.07) is 2.94. The number of nitrogens with one attached hydrogen (secondary N) is 1. The number of halogens is 5. The van der Waals surface area contributed by atoms with Crippen LogP contribution in [-0.2, 0) is 4.79 Å². The Hall–Kier alpha value is -1.22. The summed E-state index contributed by atoms with van der Waals surface area (Å²) in [5, 5.41) is 21.1. The molecule has 0 amide bonds. The van der Waals surface area contributed by atoms with Gasteiger partial charge in [-0.05, 0) is 37.9 Å². The lowest BCUT2D eigenvalue weighted by Crippen LogP contribution is -2.33. The highest BCUT2D eigenvalue weighted by molar-refractivity contribution is 6.42. The van der Waals surface area contributed by atoms with Crippen molar-refractivity contribution in [3.05, 3.63) is 27.7 Å². The molecule has 1 fully saturated rings. The third-order valence-electron chi connectivity index (χ3n) is 3.56. The maximum Gasteiger partial charge on any atom is 0.490 e. The van der Waals surface area contributed by atoms with Crippen LogP contribution in [0.5, 0.6) is 5.75 Å². The molecular weight excluding hydrogens is 372 g/mol. The minimum absolute atomic E-state index is 0.130. The van der Waals surface area contributed by atoms with Gasteiger partial charge in [-0.2, -0.15) is 13.2 Å². The average Bonchev–Trinajstić information content (AvgIpc) is 2.51. The first kappa shape index (κ1) is 20.8. The number of benzene rings is 1. The molecule has 0 bridgehead atoms. The number of hydrogen-bond acceptors (Lipinski definition) is 4. The van der Waals surface area contributed by atoms with Crippen LogP contribution < -0.4 is 11.1 Å². The van der Waals surface area contributed by atoms with E-state index in [4.69, 9.17) is 38.8 Å². The lowest BCUT2D eigenvalue weighted by molar-refractivity contribution is -0.192. The fourth-order valence-corrected chi connectivity index (χ4v) is 2.61. The topological polar surface area (TPSA) is 95.6 Å². The normalized spacial score (nSPS) is 16.9. The van der Waals surface area contributed by atoms with Crippen LogP contribution in [0, 0.1) is 5.92 Å². The van der Waals surface area contributed by atoms with Crippen LogP contribution in [0.1, 0.15) is 24.4 Å². The highest BCUT2D eigenvalue weighted by atomic mass is 35.5. The molecule has 1 saturated heterocycles. The zero-order chi connectivity index (χ0) is 18.5. The first-order valence-corrected chi connectivity index (χ1v) is 7.74. The molecule has 1 aromatic carbocycles. The highest BCUT2D eigenvalue weighted by Gasteiger charge is 2.38. The van der Waals surface area contributed by atoms with Gasteiger partial charge < -0.3 is 21.3 Å². The van der Waals surface area contributed by atoms with Gasteiger partial charge >= 0.3 is 12.1 Å². The van der Waals surface area contributed by atoms with Gasteiger partial charge in [-0.3, -0.25) is 0 Å². The van der Waals surface area contributed by atoms with Crippen LogP contribution in [0.3, 0.4) is 0 Å². The van der Waals surface area contributed by atoms with Gasteiger partial charge in [-0.15, -0.1) is 0 Å². The maximum absolute atomic E-state index is 10.6. The number of piperidine rings is 1. The Morgan fingerprint density at radius 1 is 1.25 bits per heavy atom. The van der Waals surface area contributed by atoms with Crippen molar-refractivity contribution in [2.75, 3.05) is 13.1 Å². The molecule has 5 N–H and O–H groups in total. The predicted molar refractivity (Wildman–Crippen MR) is 84.3 cm³/mol. The summed E-state index contributed by atoms with van der Waals surface area (Å²) in [5.41, 5.74) is 6.89. The molecule has 1 aliphatic heterocycles. The van der Waals surface area contributed by atoms with E-state index in [1.807, 2.05) is 0 Å². The minimum atomic E-state index is -5.08. The number of carboxylic acid groups (broad SMARTS) is 1. The smallest absolute Gasteiger partial charge is 0.490 e. The van der Waals surface area contributed by atoms with Crippen molar-refractivity contribution in [2.45, 2.75) is 25.1 Å². The van der Waals surface area contributed by atoms with E-state index in [0.29, 0.717) is 21.5 Å². The van der Waals surface area contributed by atoms with E-state index in [2.05, 4.69) is 5.32 Å². The average molecular weight is 389 g/mol. The van der Waals surface area contributed by atoms with Crippen LogP contribution in [0.2, 0.25) is 10.0 Å². The number of alkyl halides is 3. The number of hydrogen-bond donors (Lipinski definition) is 4. The van der Waals surface area contributed by atoms with Crippen molar-refractivity contribution in [1.29, 1.82) is 0 Å². The number of phenols is 1. The fraction of sp³-hybridized carbons (Fsp3) is 0.500. The van der Waals surface area contributed by atoms with E-state index in [1.165, 1.54) is 6.07 Å². The van der Waals surface area contributed by atoms with E-state index in [1.54, 1.807) is 6.07 Å². The zero-order valence-corrected chi connectivity index (χ0v) is 13.9. The SMILES string of the molecule is N[C@@H](c1cc(Cl)c(Cl)cc1O)C1CCNCC1.O=C(O)C(F)(F)F. The van der Waals surface area contributed by atoms with Crippen molar-refractivity contribution >= 4 is 29.2 Å². The lowest BCUT2D eigenvalue weighted by atomic mass is 9.86. The lowest BCUT2D eigenvalue weighted by Gasteiger charge is -2.28. The summed E-state index contributed by atoms with van der Waals surface area (Å²) >= 11 is 11.8. The molecule has 0 radical (unpaired) electrons. The maximum atomic E-state index is 10.6. The summed E-state index contributed by atoms with van der Waals surface area (Å²) in [7, 11) is 0. The predicted octanol–water partition coefficient (Wildman–Crippen LogP) is 3.33. The number of aliphatic carboxylic acids is 1. The summed E-state index contributed by atoms with van der Waals surface area (Å²) in [6.07, 6.45) is -3.05. The number of carbonyl (C=O) groups is 1. The monoisotopic (exact) mass is 388 g/mol. The van der Waals surface area contributed by atoms with Gasteiger partial charge in [0.05, 0.1) is 10.0 Å². The molecule has 1 aliphatic rings. The van der Waals surface area contributed by atoms with Crippen molar-refractivity contribution in [2.24, 2.45) is 11.7 Å². The molecular formula is C14H17Cl2F3N2O3. The molecule has 0 saturated carbocycles. The van der Waals surface area contributed by atoms with Crippen LogP contribution >= 0.6 is 23.2 Å². The fourth-order valence-electron chi connectivity index (χ4n) is 2.28. The highest BCUT2D eigenvalue weighted by Crippen LogP contribution is 2.36. The first-order valence-electron chi connectivity index (χ1n) is 6.98. The van der Waals surface area contributed by atoms with Gasteiger partial charge in [0.25, 0.3) is 0 Å². The molecule has 0 aromatic heterocycles. The number of aromatic hydroxyl groups is 1. The Morgan fingerprint density at radius 3 is 2.17 bits per heavy atom. The number of rotatable bonds is 2. The van der Waals surface area contributed by atoms with Gasteiger partial charge in [-0.1, -0.05) is 23.2 Å². The van der Waals surface area contributed by atoms with E-state index < -0.39 is 12.1 Å². The summed E-state index contributed by atoms with van der Waals surface area (Å²) in [6.45, 7) is 1.95. The molecule has 10 heteroatoms. The second-order valence-electron chi connectivity index (χ2n) is 5.24. The van der Waals surface area contributed by atoms with Gasteiger partial charge in [0.15, 0.2) is 0 Å². The molecule has 0 spiro atoms. The molecule has 2 rings (SSSR count). The number of carboxylic acids is 1. The molecule has 24 heavy (non-hydrogen) atoms. The Kier molecular flexibility index (Phi) is 7.59. The largest absolute Gasteiger partial charge is 0.508 e. The van der Waals surface area contributed by atoms with Crippen LogP contribution in [0.4, 0.5) is 13.2 Å². The van der Waals surface area contributed by atoms with E-state index in [-0.39, 0.29) is 11.8 Å². The molecule has 0 unspecified atom stereocenters. The number of nitrogens with two attached hydrogens (primary N) is 1. The number of phenolic OH excluding ortho intramolecular Hbond substituents is 1. The summed E-state index contributed by atoms with van der Waals surface area (Å²) in [5.74, 6) is -2.25. The van der Waals surface area contributed by atoms with Crippen molar-refractivity contribution < 1.29 is 28.2 Å². The van der Waals surface area contributed by atoms with Gasteiger partial charge in [0, 0.05) is 17.7 Å². The van der Waals surface area contributed by atoms with Crippen molar-refractivity contribution in [3.63, 3.8) is 0 Å². The third kappa shape index (κ3) is 6.01. The third-order valence-corrected chi connectivity index (χ3v) is 4.29. The molecule has 136 valence electrons. The zero-order valence-electron chi connectivity index (χ0n) is 12.4. The summed E-state index contributed by atoms with van der Waals surface area (Å²) in [4.78, 5) is 8.90. The second-order valence-corrected chi connectivity index (χ2v) is 6.06. The van der Waals surface area contributed by atoms with Crippen molar-refractivity contribution in [3.8, 4) is 5.75 Å². The molecule has 5 nitrogen and oxygen atoms in total. The van der Waals surface area contributed by atoms with E-state index in [0.717, 1.165) is 25.9 Å². The molecule has 0 aliphatic carbocycles. The van der Waals surface area contributed by atoms with Gasteiger partial charge in [0.1, 0.15) is 5.75 Å². The Balaban J connectivity index is 0.000000351. The Morgan fingerprint density at radius 2 is 1.71 bits per heavy atom. The molecule has 1 aromatic rings. The van der Waals surface area contributed by atoms with Crippen molar-refractivity contribution in [1.82, 2.24) is 5.32 Å². The van der Waals surface area contributed by atoms with E-state index in [9.17, 15) is 18.3 Å². The van der Waals surface area contributed by atoms with Crippen LogP contribution in [-0.4, -0.2) is 35.4 Å². The van der Waals surface area contributed by atoms with Crippen LogP contribution in [0.25, 0.3) is 0 Å². The van der Waals surface area contributed by atoms with Crippen LogP contribution in [0.15, 0.2) is 12.1 Å². The molecule has 1 atom stereocenters. The minimum Gasteiger partial charge on any atom is -0.508 e. The standard InChI is InChI=1S/C12H16Cl2N2O.C2HF3O2/c13-9-5-8(11(17)6-10(9)14)12(15)7-1-3-16-4-2-7;3-2(4,5)1(6)7/h5-7,12,16-17H,1-4,15H2;(H,6,7)/t12-;/m1./s1. The first-order chi connectivity index (χ1) is 11.0. The molecule has 1 heterocycles.